The van der Waals surface area contributed by atoms with Crippen molar-refractivity contribution in [2.24, 2.45) is 0 Å². The third kappa shape index (κ3) is 1.26. The average Bonchev–Trinajstić information content (AvgIpc) is 2.82. The molecule has 4 heteroatoms. The molecule has 1 fully saturated rings. The number of H-pyrrole nitrogens is 1. The summed E-state index contributed by atoms with van der Waals surface area (Å²) in [4.78, 5) is 16.4. The Hall–Kier alpha value is -1.97. The number of aromatic amines is 1. The highest BCUT2D eigenvalue weighted by molar-refractivity contribution is 5.96. The number of amides is 2. The van der Waals surface area contributed by atoms with Crippen LogP contribution in [0.1, 0.15) is 0 Å². The van der Waals surface area contributed by atoms with E-state index in [1.54, 1.807) is 4.90 Å². The Balaban J connectivity index is 2.08. The van der Waals surface area contributed by atoms with E-state index in [-0.39, 0.29) is 6.03 Å². The Morgan fingerprint density at radius 1 is 1.27 bits per heavy atom. The molecule has 2 heterocycles. The summed E-state index contributed by atoms with van der Waals surface area (Å²) in [5.41, 5.74) is 1.06. The van der Waals surface area contributed by atoms with Crippen molar-refractivity contribution in [3.8, 4) is 0 Å². The number of benzene rings is 1. The van der Waals surface area contributed by atoms with Gasteiger partial charge in [-0.1, -0.05) is 18.2 Å². The second-order valence-electron chi connectivity index (χ2n) is 3.63. The lowest BCUT2D eigenvalue weighted by Gasteiger charge is -2.10. The maximum atomic E-state index is 11.4. The fourth-order valence-electron chi connectivity index (χ4n) is 1.90. The Morgan fingerprint density at radius 3 is 2.87 bits per heavy atom. The van der Waals surface area contributed by atoms with Crippen LogP contribution in [0.25, 0.3) is 10.9 Å². The van der Waals surface area contributed by atoms with Gasteiger partial charge in [-0.2, -0.15) is 0 Å². The van der Waals surface area contributed by atoms with Gasteiger partial charge in [0.05, 0.1) is 0 Å². The molecule has 15 heavy (non-hydrogen) atoms. The smallest absolute Gasteiger partial charge is 0.323 e. The van der Waals surface area contributed by atoms with Crippen molar-refractivity contribution in [3.63, 3.8) is 0 Å². The van der Waals surface area contributed by atoms with Gasteiger partial charge in [-0.15, -0.1) is 0 Å². The first-order valence-corrected chi connectivity index (χ1v) is 4.98. The number of nitrogens with zero attached hydrogens (tertiary/aromatic N) is 1. The van der Waals surface area contributed by atoms with Crippen LogP contribution in [0, 0.1) is 0 Å². The first-order chi connectivity index (χ1) is 7.34. The number of rotatable bonds is 1. The molecular weight excluding hydrogens is 190 g/mol. The number of carbonyl (C=O) groups excluding carboxylic acids is 1. The number of anilines is 1. The maximum Gasteiger partial charge on any atom is 0.323 e. The zero-order chi connectivity index (χ0) is 10.3. The lowest BCUT2D eigenvalue weighted by molar-refractivity contribution is 0.252. The normalized spacial score (nSPS) is 16.0. The van der Waals surface area contributed by atoms with Gasteiger partial charge in [0.2, 0.25) is 0 Å². The Bertz CT molecular complexity index is 484. The van der Waals surface area contributed by atoms with Crippen molar-refractivity contribution in [2.45, 2.75) is 0 Å². The van der Waals surface area contributed by atoms with Crippen molar-refractivity contribution in [1.29, 1.82) is 0 Å². The minimum atomic E-state index is -0.0263. The average molecular weight is 201 g/mol. The van der Waals surface area contributed by atoms with Crippen LogP contribution in [-0.4, -0.2) is 24.1 Å². The molecule has 2 N–H and O–H groups in total. The van der Waals surface area contributed by atoms with E-state index in [1.165, 1.54) is 0 Å². The highest BCUT2D eigenvalue weighted by Gasteiger charge is 2.22. The fourth-order valence-corrected chi connectivity index (χ4v) is 1.90. The molecule has 2 amide bonds. The summed E-state index contributed by atoms with van der Waals surface area (Å²) >= 11 is 0. The van der Waals surface area contributed by atoms with Crippen molar-refractivity contribution < 1.29 is 4.79 Å². The second-order valence-corrected chi connectivity index (χ2v) is 3.63. The van der Waals surface area contributed by atoms with Gasteiger partial charge in [-0.3, -0.25) is 4.90 Å². The lowest BCUT2D eigenvalue weighted by Crippen LogP contribution is -2.27. The molecule has 0 unspecified atom stereocenters. The van der Waals surface area contributed by atoms with Gasteiger partial charge in [-0.25, -0.2) is 4.79 Å². The summed E-state index contributed by atoms with van der Waals surface area (Å²) in [7, 11) is 0. The molecular formula is C11H11N3O. The van der Waals surface area contributed by atoms with E-state index in [4.69, 9.17) is 0 Å². The van der Waals surface area contributed by atoms with Crippen LogP contribution >= 0.6 is 0 Å². The van der Waals surface area contributed by atoms with Gasteiger partial charge in [-0.05, 0) is 12.1 Å². The standard InChI is InChI=1S/C11H11N3O/c15-11-12-5-6-14(11)10-7-8-3-1-2-4-9(8)13-10/h1-4,7,13H,5-6H2,(H,12,15). The van der Waals surface area contributed by atoms with Crippen LogP contribution in [0.5, 0.6) is 0 Å². The summed E-state index contributed by atoms with van der Waals surface area (Å²) in [6, 6.07) is 9.98. The molecule has 1 aliphatic rings. The number of hydrogen-bond donors (Lipinski definition) is 2. The molecule has 0 saturated carbocycles. The number of carbonyl (C=O) groups is 1. The predicted octanol–water partition coefficient (Wildman–Crippen LogP) is 1.70. The highest BCUT2D eigenvalue weighted by atomic mass is 16.2. The SMILES string of the molecule is O=C1NCCN1c1cc2ccccc2[nH]1. The molecule has 2 aromatic rings. The van der Waals surface area contributed by atoms with E-state index in [0.717, 1.165) is 23.3 Å². The molecule has 1 aromatic heterocycles. The van der Waals surface area contributed by atoms with Gasteiger partial charge in [0.1, 0.15) is 5.82 Å². The first kappa shape index (κ1) is 8.35. The van der Waals surface area contributed by atoms with Gasteiger partial charge >= 0.3 is 6.03 Å². The second kappa shape index (κ2) is 3.02. The Labute approximate surface area is 86.9 Å². The Kier molecular flexibility index (Phi) is 1.68. The van der Waals surface area contributed by atoms with Crippen molar-refractivity contribution in [1.82, 2.24) is 10.3 Å². The van der Waals surface area contributed by atoms with Crippen molar-refractivity contribution in [3.05, 3.63) is 30.3 Å². The van der Waals surface area contributed by atoms with Gasteiger partial charge < -0.3 is 10.3 Å². The minimum Gasteiger partial charge on any atom is -0.341 e. The molecule has 0 atom stereocenters. The number of nitrogens with one attached hydrogen (secondary N) is 2. The first-order valence-electron chi connectivity index (χ1n) is 4.98. The lowest BCUT2D eigenvalue weighted by atomic mass is 10.2. The molecule has 0 aliphatic carbocycles. The van der Waals surface area contributed by atoms with E-state index in [1.807, 2.05) is 30.3 Å². The highest BCUT2D eigenvalue weighted by Crippen LogP contribution is 2.22. The number of aromatic nitrogens is 1. The molecule has 0 bridgehead atoms. The van der Waals surface area contributed by atoms with Gasteiger partial charge in [0.15, 0.2) is 0 Å². The number of para-hydroxylation sites is 1. The number of fused-ring (bicyclic) bond motifs is 1. The largest absolute Gasteiger partial charge is 0.341 e. The fraction of sp³-hybridized carbons (Fsp3) is 0.182. The molecule has 0 radical (unpaired) electrons. The quantitative estimate of drug-likeness (QED) is 0.724. The number of hydrogen-bond acceptors (Lipinski definition) is 1. The van der Waals surface area contributed by atoms with Gasteiger partial charge in [0.25, 0.3) is 0 Å². The predicted molar refractivity (Wildman–Crippen MR) is 59.0 cm³/mol. The van der Waals surface area contributed by atoms with E-state index in [0.29, 0.717) is 6.54 Å². The van der Waals surface area contributed by atoms with Crippen LogP contribution < -0.4 is 10.2 Å². The summed E-state index contributed by atoms with van der Waals surface area (Å²) in [5.74, 6) is 0.867. The van der Waals surface area contributed by atoms with E-state index in [9.17, 15) is 4.79 Å². The van der Waals surface area contributed by atoms with Crippen LogP contribution in [0.2, 0.25) is 0 Å². The monoisotopic (exact) mass is 201 g/mol. The molecule has 1 aromatic carbocycles. The van der Waals surface area contributed by atoms with Crippen LogP contribution in [-0.2, 0) is 0 Å². The van der Waals surface area contributed by atoms with E-state index < -0.39 is 0 Å². The zero-order valence-corrected chi connectivity index (χ0v) is 8.16. The van der Waals surface area contributed by atoms with Crippen LogP contribution in [0.3, 0.4) is 0 Å². The maximum absolute atomic E-state index is 11.4. The van der Waals surface area contributed by atoms with Crippen LogP contribution in [0.15, 0.2) is 30.3 Å². The molecule has 0 spiro atoms. The molecule has 4 nitrogen and oxygen atoms in total. The van der Waals surface area contributed by atoms with Crippen LogP contribution in [0.4, 0.5) is 10.6 Å². The van der Waals surface area contributed by atoms with E-state index in [2.05, 4.69) is 10.3 Å². The molecule has 1 saturated heterocycles. The minimum absolute atomic E-state index is 0.0263. The molecule has 3 rings (SSSR count). The Morgan fingerprint density at radius 2 is 2.13 bits per heavy atom. The van der Waals surface area contributed by atoms with Crippen molar-refractivity contribution >= 4 is 22.8 Å². The topological polar surface area (TPSA) is 48.1 Å². The zero-order valence-electron chi connectivity index (χ0n) is 8.16. The summed E-state index contributed by atoms with van der Waals surface area (Å²) in [6.07, 6.45) is 0. The molecule has 1 aliphatic heterocycles. The summed E-state index contributed by atoms with van der Waals surface area (Å²) in [5, 5.41) is 3.91. The summed E-state index contributed by atoms with van der Waals surface area (Å²) in [6.45, 7) is 1.44. The van der Waals surface area contributed by atoms with E-state index >= 15 is 0 Å². The van der Waals surface area contributed by atoms with Crippen molar-refractivity contribution in [2.75, 3.05) is 18.0 Å². The third-order valence-electron chi connectivity index (χ3n) is 2.66. The summed E-state index contributed by atoms with van der Waals surface area (Å²) < 4.78 is 0. The molecule has 76 valence electrons. The third-order valence-corrected chi connectivity index (χ3v) is 2.66. The number of urea groups is 1. The van der Waals surface area contributed by atoms with Gasteiger partial charge in [0, 0.05) is 24.0 Å².